The molecule has 5 heteroatoms. The van der Waals surface area contributed by atoms with Gasteiger partial charge in [0.2, 0.25) is 0 Å². The largest absolute Gasteiger partial charge is 0.493 e. The van der Waals surface area contributed by atoms with Crippen molar-refractivity contribution >= 4 is 22.1 Å². The molecule has 1 heterocycles. The van der Waals surface area contributed by atoms with Crippen molar-refractivity contribution in [2.75, 3.05) is 32.8 Å². The van der Waals surface area contributed by atoms with Gasteiger partial charge in [-0.05, 0) is 56.1 Å². The molecule has 0 atom stereocenters. The van der Waals surface area contributed by atoms with Gasteiger partial charge in [0.15, 0.2) is 0 Å². The van der Waals surface area contributed by atoms with Crippen LogP contribution in [0.4, 0.5) is 0 Å². The molecule has 0 saturated heterocycles. The summed E-state index contributed by atoms with van der Waals surface area (Å²) in [6.07, 6.45) is 2.58. The van der Waals surface area contributed by atoms with Gasteiger partial charge in [-0.3, -0.25) is 0 Å². The number of aromatic nitrogens is 2. The van der Waals surface area contributed by atoms with Crippen molar-refractivity contribution < 1.29 is 9.47 Å². The molecule has 0 spiro atoms. The summed E-state index contributed by atoms with van der Waals surface area (Å²) in [6.45, 7) is 8.84. The van der Waals surface area contributed by atoms with Gasteiger partial charge in [0.05, 0.1) is 28.7 Å². The number of hydrogen-bond donors (Lipinski definition) is 0. The van der Waals surface area contributed by atoms with Crippen LogP contribution < -0.4 is 9.47 Å². The fourth-order valence-corrected chi connectivity index (χ4v) is 3.14. The molecule has 4 rings (SSSR count). The highest BCUT2D eigenvalue weighted by atomic mass is 16.5. The summed E-state index contributed by atoms with van der Waals surface area (Å²) in [5, 5.41) is 0. The molecule has 0 N–H and O–H groups in total. The van der Waals surface area contributed by atoms with Crippen LogP contribution in [0.2, 0.25) is 0 Å². The molecule has 3 aromatic rings. The van der Waals surface area contributed by atoms with Gasteiger partial charge in [-0.2, -0.15) is 0 Å². The van der Waals surface area contributed by atoms with Crippen LogP contribution >= 0.6 is 0 Å². The minimum absolute atomic E-state index is 0.676. The molecule has 27 heavy (non-hydrogen) atoms. The Morgan fingerprint density at radius 2 is 1.44 bits per heavy atom. The summed E-state index contributed by atoms with van der Waals surface area (Å²) in [5.74, 6) is 2.45. The number of likely N-dealkylation sites (N-methyl/N-ethyl adjacent to an activating group) is 1. The Hall–Kier alpha value is -2.40. The predicted octanol–water partition coefficient (Wildman–Crippen LogP) is 4.29. The lowest BCUT2D eigenvalue weighted by atomic mass is 10.2. The molecule has 0 amide bonds. The number of fused-ring (bicyclic) bond motifs is 2. The van der Waals surface area contributed by atoms with Crippen molar-refractivity contribution in [3.05, 3.63) is 36.4 Å². The van der Waals surface area contributed by atoms with Crippen LogP contribution in [-0.4, -0.2) is 47.7 Å². The molecule has 2 aromatic carbocycles. The van der Waals surface area contributed by atoms with Crippen LogP contribution in [0.25, 0.3) is 22.1 Å². The van der Waals surface area contributed by atoms with Crippen molar-refractivity contribution in [1.82, 2.24) is 14.9 Å². The average Bonchev–Trinajstić information content (AvgIpc) is 3.52. The third-order valence-electron chi connectivity index (χ3n) is 5.13. The molecule has 0 radical (unpaired) electrons. The molecular formula is C22H27N3O2. The molecule has 1 aromatic heterocycles. The summed E-state index contributed by atoms with van der Waals surface area (Å²) in [7, 11) is 0. The highest BCUT2D eigenvalue weighted by Crippen LogP contribution is 2.30. The van der Waals surface area contributed by atoms with E-state index in [1.165, 1.54) is 12.8 Å². The zero-order chi connectivity index (χ0) is 18.6. The topological polar surface area (TPSA) is 47.5 Å². The van der Waals surface area contributed by atoms with E-state index in [9.17, 15) is 0 Å². The van der Waals surface area contributed by atoms with Crippen molar-refractivity contribution in [3.8, 4) is 11.5 Å². The standard InChI is InChI=1S/C22H27N3O2/c1-3-25(4-2)11-12-26-17-7-9-19-21(13-17)23-20-10-8-18(14-22(20)24-19)27-15-16-5-6-16/h7-10,13-14,16H,3-6,11-12,15H2,1-2H3. The molecule has 1 aliphatic carbocycles. The predicted molar refractivity (Wildman–Crippen MR) is 109 cm³/mol. The van der Waals surface area contributed by atoms with Gasteiger partial charge in [0.1, 0.15) is 18.1 Å². The van der Waals surface area contributed by atoms with E-state index in [4.69, 9.17) is 19.4 Å². The number of rotatable bonds is 9. The number of ether oxygens (including phenoxy) is 2. The normalized spacial score (nSPS) is 14.2. The first-order chi connectivity index (χ1) is 13.2. The van der Waals surface area contributed by atoms with Gasteiger partial charge in [-0.1, -0.05) is 13.8 Å². The lowest BCUT2D eigenvalue weighted by Crippen LogP contribution is -2.27. The minimum Gasteiger partial charge on any atom is -0.493 e. The smallest absolute Gasteiger partial charge is 0.121 e. The molecule has 0 aliphatic heterocycles. The van der Waals surface area contributed by atoms with E-state index in [-0.39, 0.29) is 0 Å². The SMILES string of the molecule is CCN(CC)CCOc1ccc2nc3cc(OCC4CC4)ccc3nc2c1. The summed E-state index contributed by atoms with van der Waals surface area (Å²) in [5.41, 5.74) is 3.47. The average molecular weight is 365 g/mol. The Bertz CT molecular complexity index is 920. The lowest BCUT2D eigenvalue weighted by Gasteiger charge is -2.18. The van der Waals surface area contributed by atoms with Crippen molar-refractivity contribution in [3.63, 3.8) is 0 Å². The van der Waals surface area contributed by atoms with Crippen molar-refractivity contribution in [1.29, 1.82) is 0 Å². The Balaban J connectivity index is 1.49. The van der Waals surface area contributed by atoms with E-state index in [0.717, 1.165) is 65.7 Å². The molecular weight excluding hydrogens is 338 g/mol. The number of benzene rings is 2. The van der Waals surface area contributed by atoms with Crippen molar-refractivity contribution in [2.24, 2.45) is 5.92 Å². The molecule has 0 unspecified atom stereocenters. The summed E-state index contributed by atoms with van der Waals surface area (Å²) >= 11 is 0. The molecule has 1 saturated carbocycles. The Labute approximate surface area is 160 Å². The fraction of sp³-hybridized carbons (Fsp3) is 0.455. The van der Waals surface area contributed by atoms with Gasteiger partial charge < -0.3 is 14.4 Å². The van der Waals surface area contributed by atoms with Gasteiger partial charge in [-0.15, -0.1) is 0 Å². The minimum atomic E-state index is 0.676. The summed E-state index contributed by atoms with van der Waals surface area (Å²) < 4.78 is 11.8. The lowest BCUT2D eigenvalue weighted by molar-refractivity contribution is 0.223. The molecule has 1 aliphatic rings. The maximum atomic E-state index is 5.91. The van der Waals surface area contributed by atoms with E-state index in [1.807, 2.05) is 36.4 Å². The second-order valence-electron chi connectivity index (χ2n) is 7.15. The van der Waals surface area contributed by atoms with E-state index < -0.39 is 0 Å². The van der Waals surface area contributed by atoms with Gasteiger partial charge in [0.25, 0.3) is 0 Å². The van der Waals surface area contributed by atoms with Gasteiger partial charge in [-0.25, -0.2) is 9.97 Å². The first-order valence-electron chi connectivity index (χ1n) is 9.94. The second-order valence-corrected chi connectivity index (χ2v) is 7.15. The maximum absolute atomic E-state index is 5.91. The second kappa shape index (κ2) is 8.09. The van der Waals surface area contributed by atoms with E-state index in [1.54, 1.807) is 0 Å². The monoisotopic (exact) mass is 365 g/mol. The van der Waals surface area contributed by atoms with Crippen LogP contribution in [0.5, 0.6) is 11.5 Å². The van der Waals surface area contributed by atoms with Gasteiger partial charge in [0, 0.05) is 18.7 Å². The molecule has 142 valence electrons. The van der Waals surface area contributed by atoms with Crippen LogP contribution in [-0.2, 0) is 0 Å². The molecule has 0 bridgehead atoms. The third-order valence-corrected chi connectivity index (χ3v) is 5.13. The van der Waals surface area contributed by atoms with E-state index >= 15 is 0 Å². The number of nitrogens with zero attached hydrogens (tertiary/aromatic N) is 3. The Morgan fingerprint density at radius 1 is 0.852 bits per heavy atom. The van der Waals surface area contributed by atoms with Crippen LogP contribution in [0, 0.1) is 5.92 Å². The van der Waals surface area contributed by atoms with Crippen LogP contribution in [0.1, 0.15) is 26.7 Å². The van der Waals surface area contributed by atoms with Crippen LogP contribution in [0.15, 0.2) is 36.4 Å². The fourth-order valence-electron chi connectivity index (χ4n) is 3.14. The molecule has 1 fully saturated rings. The highest BCUT2D eigenvalue weighted by Gasteiger charge is 2.21. The molecule has 5 nitrogen and oxygen atoms in total. The van der Waals surface area contributed by atoms with E-state index in [2.05, 4.69) is 18.7 Å². The summed E-state index contributed by atoms with van der Waals surface area (Å²) in [4.78, 5) is 11.8. The first kappa shape index (κ1) is 18.0. The zero-order valence-electron chi connectivity index (χ0n) is 16.1. The van der Waals surface area contributed by atoms with Gasteiger partial charge >= 0.3 is 0 Å². The number of hydrogen-bond acceptors (Lipinski definition) is 5. The van der Waals surface area contributed by atoms with Crippen LogP contribution in [0.3, 0.4) is 0 Å². The maximum Gasteiger partial charge on any atom is 0.121 e. The summed E-state index contributed by atoms with van der Waals surface area (Å²) in [6, 6.07) is 11.9. The third kappa shape index (κ3) is 4.48. The first-order valence-corrected chi connectivity index (χ1v) is 9.94. The Kier molecular flexibility index (Phi) is 5.39. The van der Waals surface area contributed by atoms with Crippen molar-refractivity contribution in [2.45, 2.75) is 26.7 Å². The van der Waals surface area contributed by atoms with E-state index in [0.29, 0.717) is 6.61 Å². The zero-order valence-corrected chi connectivity index (χ0v) is 16.1. The Morgan fingerprint density at radius 3 is 2.00 bits per heavy atom. The highest BCUT2D eigenvalue weighted by molar-refractivity contribution is 5.87. The quantitative estimate of drug-likeness (QED) is 0.529.